The number of piperidine rings is 1. The van der Waals surface area contributed by atoms with Crippen molar-refractivity contribution in [2.24, 2.45) is 0 Å². The SMILES string of the molecule is O=C(Cc1ccccc1F)NCC1CCCCN1. The van der Waals surface area contributed by atoms with E-state index < -0.39 is 0 Å². The van der Waals surface area contributed by atoms with Gasteiger partial charge < -0.3 is 10.6 Å². The number of hydrogen-bond acceptors (Lipinski definition) is 2. The topological polar surface area (TPSA) is 41.1 Å². The Kier molecular flexibility index (Phi) is 4.70. The van der Waals surface area contributed by atoms with Gasteiger partial charge in [0.15, 0.2) is 0 Å². The quantitative estimate of drug-likeness (QED) is 0.852. The molecule has 1 saturated heterocycles. The molecule has 1 heterocycles. The summed E-state index contributed by atoms with van der Waals surface area (Å²) in [5.41, 5.74) is 0.451. The van der Waals surface area contributed by atoms with Crippen molar-refractivity contribution in [1.29, 1.82) is 0 Å². The third-order valence-electron chi connectivity index (χ3n) is 3.27. The van der Waals surface area contributed by atoms with Gasteiger partial charge in [0.2, 0.25) is 5.91 Å². The number of hydrogen-bond donors (Lipinski definition) is 2. The van der Waals surface area contributed by atoms with E-state index in [0.29, 0.717) is 18.2 Å². The molecule has 1 aliphatic heterocycles. The molecule has 1 fully saturated rings. The lowest BCUT2D eigenvalue weighted by molar-refractivity contribution is -0.120. The van der Waals surface area contributed by atoms with Crippen molar-refractivity contribution < 1.29 is 9.18 Å². The van der Waals surface area contributed by atoms with Crippen molar-refractivity contribution in [2.45, 2.75) is 31.7 Å². The molecule has 0 saturated carbocycles. The molecule has 2 N–H and O–H groups in total. The van der Waals surface area contributed by atoms with Gasteiger partial charge >= 0.3 is 0 Å². The van der Waals surface area contributed by atoms with E-state index in [1.165, 1.54) is 18.9 Å². The molecule has 1 amide bonds. The summed E-state index contributed by atoms with van der Waals surface area (Å²) in [5, 5.41) is 6.22. The average molecular weight is 250 g/mol. The Labute approximate surface area is 107 Å². The van der Waals surface area contributed by atoms with Crippen molar-refractivity contribution in [3.8, 4) is 0 Å². The van der Waals surface area contributed by atoms with Gasteiger partial charge in [-0.3, -0.25) is 4.79 Å². The molecule has 2 rings (SSSR count). The highest BCUT2D eigenvalue weighted by Crippen LogP contribution is 2.08. The van der Waals surface area contributed by atoms with Gasteiger partial charge in [-0.15, -0.1) is 0 Å². The summed E-state index contributed by atoms with van der Waals surface area (Å²) in [5.74, 6) is -0.434. The molecule has 4 heteroatoms. The molecular weight excluding hydrogens is 231 g/mol. The summed E-state index contributed by atoms with van der Waals surface area (Å²) in [6.07, 6.45) is 3.62. The van der Waals surface area contributed by atoms with Crippen LogP contribution in [-0.2, 0) is 11.2 Å². The fourth-order valence-electron chi connectivity index (χ4n) is 2.21. The van der Waals surface area contributed by atoms with Crippen LogP contribution in [0.1, 0.15) is 24.8 Å². The van der Waals surface area contributed by atoms with Crippen molar-refractivity contribution in [3.05, 3.63) is 35.6 Å². The standard InChI is InChI=1S/C14H19FN2O/c15-13-7-2-1-5-11(13)9-14(18)17-10-12-6-3-4-8-16-12/h1-2,5,7,12,16H,3-4,6,8-10H2,(H,17,18). The molecule has 3 nitrogen and oxygen atoms in total. The monoisotopic (exact) mass is 250 g/mol. The van der Waals surface area contributed by atoms with Crippen LogP contribution in [0.25, 0.3) is 0 Å². The van der Waals surface area contributed by atoms with E-state index in [-0.39, 0.29) is 18.1 Å². The molecule has 18 heavy (non-hydrogen) atoms. The summed E-state index contributed by atoms with van der Waals surface area (Å²) in [6.45, 7) is 1.65. The lowest BCUT2D eigenvalue weighted by Gasteiger charge is -2.23. The van der Waals surface area contributed by atoms with Crippen LogP contribution < -0.4 is 10.6 Å². The highest BCUT2D eigenvalue weighted by Gasteiger charge is 2.14. The molecule has 0 radical (unpaired) electrons. The minimum absolute atomic E-state index is 0.111. The molecule has 1 unspecified atom stereocenters. The van der Waals surface area contributed by atoms with Gasteiger partial charge in [0.1, 0.15) is 5.82 Å². The molecular formula is C14H19FN2O. The van der Waals surface area contributed by atoms with E-state index in [2.05, 4.69) is 10.6 Å². The van der Waals surface area contributed by atoms with E-state index in [9.17, 15) is 9.18 Å². The summed E-state index contributed by atoms with van der Waals surface area (Å²) in [6, 6.07) is 6.76. The van der Waals surface area contributed by atoms with Crippen LogP contribution in [0.5, 0.6) is 0 Å². The second-order valence-corrected chi connectivity index (χ2v) is 4.72. The highest BCUT2D eigenvalue weighted by atomic mass is 19.1. The number of carbonyl (C=O) groups excluding carboxylic acids is 1. The van der Waals surface area contributed by atoms with Crippen LogP contribution >= 0.6 is 0 Å². The number of nitrogens with one attached hydrogen (secondary N) is 2. The summed E-state index contributed by atoms with van der Waals surface area (Å²) in [4.78, 5) is 11.7. The lowest BCUT2D eigenvalue weighted by Crippen LogP contribution is -2.43. The third-order valence-corrected chi connectivity index (χ3v) is 3.27. The highest BCUT2D eigenvalue weighted by molar-refractivity contribution is 5.78. The van der Waals surface area contributed by atoms with Crippen LogP contribution in [-0.4, -0.2) is 25.0 Å². The van der Waals surface area contributed by atoms with Crippen LogP contribution in [0, 0.1) is 5.82 Å². The largest absolute Gasteiger partial charge is 0.354 e. The average Bonchev–Trinajstić information content (AvgIpc) is 2.40. The second-order valence-electron chi connectivity index (χ2n) is 4.72. The van der Waals surface area contributed by atoms with Gasteiger partial charge in [0.05, 0.1) is 6.42 Å². The fourth-order valence-corrected chi connectivity index (χ4v) is 2.21. The number of benzene rings is 1. The Hall–Kier alpha value is -1.42. The van der Waals surface area contributed by atoms with E-state index >= 15 is 0 Å². The Morgan fingerprint density at radius 1 is 1.39 bits per heavy atom. The Bertz CT molecular complexity index is 403. The first-order chi connectivity index (χ1) is 8.75. The van der Waals surface area contributed by atoms with Gasteiger partial charge in [0.25, 0.3) is 0 Å². The number of rotatable bonds is 4. The molecule has 1 aromatic rings. The Balaban J connectivity index is 1.76. The molecule has 1 aromatic carbocycles. The van der Waals surface area contributed by atoms with E-state index in [4.69, 9.17) is 0 Å². The van der Waals surface area contributed by atoms with Crippen LogP contribution in [0.2, 0.25) is 0 Å². The van der Waals surface area contributed by atoms with Gasteiger partial charge in [-0.25, -0.2) is 4.39 Å². The van der Waals surface area contributed by atoms with E-state index in [1.54, 1.807) is 18.2 Å². The minimum atomic E-state index is -0.316. The van der Waals surface area contributed by atoms with Crippen molar-refractivity contribution in [1.82, 2.24) is 10.6 Å². The fraction of sp³-hybridized carbons (Fsp3) is 0.500. The van der Waals surface area contributed by atoms with Crippen LogP contribution in [0.4, 0.5) is 4.39 Å². The first-order valence-corrected chi connectivity index (χ1v) is 6.49. The molecule has 98 valence electrons. The maximum atomic E-state index is 13.4. The first kappa shape index (κ1) is 13.0. The van der Waals surface area contributed by atoms with Crippen molar-refractivity contribution in [2.75, 3.05) is 13.1 Å². The lowest BCUT2D eigenvalue weighted by atomic mass is 10.0. The van der Waals surface area contributed by atoms with Crippen LogP contribution in [0.15, 0.2) is 24.3 Å². The predicted molar refractivity (Wildman–Crippen MR) is 68.8 cm³/mol. The number of carbonyl (C=O) groups is 1. The molecule has 0 bridgehead atoms. The molecule has 0 aromatic heterocycles. The number of halogens is 1. The summed E-state index contributed by atoms with van der Waals surface area (Å²) < 4.78 is 13.4. The third kappa shape index (κ3) is 3.81. The maximum Gasteiger partial charge on any atom is 0.224 e. The van der Waals surface area contributed by atoms with Gasteiger partial charge in [-0.05, 0) is 31.0 Å². The van der Waals surface area contributed by atoms with Crippen LogP contribution in [0.3, 0.4) is 0 Å². The van der Waals surface area contributed by atoms with Gasteiger partial charge in [-0.1, -0.05) is 24.6 Å². The summed E-state index contributed by atoms with van der Waals surface area (Å²) in [7, 11) is 0. The normalized spacial score (nSPS) is 19.5. The Morgan fingerprint density at radius 3 is 2.94 bits per heavy atom. The van der Waals surface area contributed by atoms with E-state index in [1.807, 2.05) is 0 Å². The van der Waals surface area contributed by atoms with Gasteiger partial charge in [-0.2, -0.15) is 0 Å². The van der Waals surface area contributed by atoms with Crippen molar-refractivity contribution >= 4 is 5.91 Å². The number of amides is 1. The van der Waals surface area contributed by atoms with Gasteiger partial charge in [0, 0.05) is 12.6 Å². The molecule has 1 aliphatic rings. The smallest absolute Gasteiger partial charge is 0.224 e. The molecule has 0 aliphatic carbocycles. The zero-order valence-corrected chi connectivity index (χ0v) is 10.4. The Morgan fingerprint density at radius 2 is 2.22 bits per heavy atom. The predicted octanol–water partition coefficient (Wildman–Crippen LogP) is 1.63. The van der Waals surface area contributed by atoms with Crippen molar-refractivity contribution in [3.63, 3.8) is 0 Å². The summed E-state index contributed by atoms with van der Waals surface area (Å²) >= 11 is 0. The molecule has 0 spiro atoms. The maximum absolute atomic E-state index is 13.4. The van der Waals surface area contributed by atoms with E-state index in [0.717, 1.165) is 13.0 Å². The molecule has 1 atom stereocenters. The zero-order valence-electron chi connectivity index (χ0n) is 10.4. The zero-order chi connectivity index (χ0) is 12.8. The minimum Gasteiger partial charge on any atom is -0.354 e. The first-order valence-electron chi connectivity index (χ1n) is 6.49. The second kappa shape index (κ2) is 6.50.